The van der Waals surface area contributed by atoms with E-state index in [2.05, 4.69) is 23.2 Å². The SMILES string of the molecule is N#Cc1c[nH]c2cc[c]([Bi])cc12. The minimum atomic E-state index is 0.734. The second-order valence-corrected chi connectivity index (χ2v) is 4.55. The van der Waals surface area contributed by atoms with E-state index in [1.807, 2.05) is 6.07 Å². The molecule has 3 heteroatoms. The van der Waals surface area contributed by atoms with Crippen molar-refractivity contribution in [3.63, 3.8) is 0 Å². The Morgan fingerprint density at radius 3 is 3.00 bits per heavy atom. The van der Waals surface area contributed by atoms with Crippen LogP contribution in [0.25, 0.3) is 10.9 Å². The van der Waals surface area contributed by atoms with Crippen molar-refractivity contribution >= 4 is 38.9 Å². The molecule has 0 aliphatic carbocycles. The first kappa shape index (κ1) is 7.77. The van der Waals surface area contributed by atoms with Crippen molar-refractivity contribution in [3.05, 3.63) is 30.0 Å². The number of rotatable bonds is 0. The zero-order valence-electron chi connectivity index (χ0n) is 6.20. The van der Waals surface area contributed by atoms with Crippen molar-refractivity contribution in [2.75, 3.05) is 0 Å². The summed E-state index contributed by atoms with van der Waals surface area (Å²) < 4.78 is 1.29. The molecule has 0 aliphatic heterocycles. The third kappa shape index (κ3) is 1.13. The van der Waals surface area contributed by atoms with Crippen molar-refractivity contribution in [1.82, 2.24) is 4.98 Å². The van der Waals surface area contributed by atoms with Gasteiger partial charge < -0.3 is 0 Å². The summed E-state index contributed by atoms with van der Waals surface area (Å²) in [6.45, 7) is 0. The minimum absolute atomic E-state index is 0.734. The van der Waals surface area contributed by atoms with E-state index in [4.69, 9.17) is 5.26 Å². The van der Waals surface area contributed by atoms with Crippen LogP contribution in [0, 0.1) is 11.3 Å². The van der Waals surface area contributed by atoms with Gasteiger partial charge in [0, 0.05) is 0 Å². The molecular weight excluding hydrogens is 345 g/mol. The van der Waals surface area contributed by atoms with E-state index in [0.717, 1.165) is 16.5 Å². The first-order chi connectivity index (χ1) is 5.81. The van der Waals surface area contributed by atoms with Gasteiger partial charge in [-0.15, -0.1) is 0 Å². The third-order valence-corrected chi connectivity index (χ3v) is 2.87. The standard InChI is InChI=1S/C9H5N2.Bi/c10-5-7-6-11-9-4-2-1-3-8(7)9;/h2-4,6,11H;. The average Bonchev–Trinajstić information content (AvgIpc) is 2.46. The number of fused-ring (bicyclic) bond motifs is 1. The summed E-state index contributed by atoms with van der Waals surface area (Å²) in [6, 6.07) is 8.32. The van der Waals surface area contributed by atoms with Crippen LogP contribution in [-0.4, -0.2) is 29.7 Å². The molecule has 12 heavy (non-hydrogen) atoms. The van der Waals surface area contributed by atoms with E-state index < -0.39 is 0 Å². The van der Waals surface area contributed by atoms with E-state index >= 15 is 0 Å². The Bertz CT molecular complexity index is 465. The van der Waals surface area contributed by atoms with E-state index in [1.165, 1.54) is 28.0 Å². The average molecular weight is 350 g/mol. The van der Waals surface area contributed by atoms with Crippen molar-refractivity contribution < 1.29 is 0 Å². The number of aromatic nitrogens is 1. The van der Waals surface area contributed by atoms with Crippen LogP contribution < -0.4 is 3.27 Å². The van der Waals surface area contributed by atoms with Gasteiger partial charge in [0.05, 0.1) is 0 Å². The number of hydrogen-bond acceptors (Lipinski definition) is 1. The summed E-state index contributed by atoms with van der Waals surface area (Å²) in [4.78, 5) is 3.06. The normalized spacial score (nSPS) is 10.0. The molecule has 2 nitrogen and oxygen atoms in total. The van der Waals surface area contributed by atoms with Gasteiger partial charge in [0.15, 0.2) is 0 Å². The molecule has 1 N–H and O–H groups in total. The second kappa shape index (κ2) is 2.88. The van der Waals surface area contributed by atoms with Crippen LogP contribution in [0.2, 0.25) is 0 Å². The fourth-order valence-corrected chi connectivity index (χ4v) is 1.99. The molecule has 0 amide bonds. The maximum atomic E-state index is 8.75. The predicted molar refractivity (Wildman–Crippen MR) is 48.4 cm³/mol. The molecule has 0 aliphatic rings. The molecule has 0 spiro atoms. The molecule has 56 valence electrons. The fourth-order valence-electron chi connectivity index (χ4n) is 1.20. The third-order valence-electron chi connectivity index (χ3n) is 1.79. The number of benzene rings is 1. The van der Waals surface area contributed by atoms with Crippen molar-refractivity contribution in [3.8, 4) is 6.07 Å². The monoisotopic (exact) mass is 350 g/mol. The number of nitrogens with zero attached hydrogens (tertiary/aromatic N) is 1. The van der Waals surface area contributed by atoms with Gasteiger partial charge in [0.25, 0.3) is 0 Å². The topological polar surface area (TPSA) is 39.6 Å². The summed E-state index contributed by atoms with van der Waals surface area (Å²) in [5, 5.41) is 9.79. The Kier molecular flexibility index (Phi) is 1.86. The molecule has 2 rings (SSSR count). The number of nitriles is 1. The number of nitrogens with one attached hydrogen (secondary N) is 1. The molecule has 1 aromatic heterocycles. The molecular formula is C9H5BiN2. The Labute approximate surface area is 85.0 Å². The Hall–Kier alpha value is -0.867. The molecule has 0 fully saturated rings. The molecule has 2 aromatic rings. The van der Waals surface area contributed by atoms with Crippen molar-refractivity contribution in [2.45, 2.75) is 0 Å². The first-order valence-corrected chi connectivity index (χ1v) is 5.25. The molecule has 0 saturated heterocycles. The number of aromatic amines is 1. The van der Waals surface area contributed by atoms with Gasteiger partial charge in [-0.1, -0.05) is 0 Å². The van der Waals surface area contributed by atoms with Gasteiger partial charge >= 0.3 is 85.2 Å². The van der Waals surface area contributed by atoms with Gasteiger partial charge in [-0.2, -0.15) is 0 Å². The van der Waals surface area contributed by atoms with Crippen molar-refractivity contribution in [1.29, 1.82) is 5.26 Å². The van der Waals surface area contributed by atoms with Gasteiger partial charge in [-0.3, -0.25) is 0 Å². The molecule has 0 bridgehead atoms. The van der Waals surface area contributed by atoms with Crippen LogP contribution in [-0.2, 0) is 0 Å². The summed E-state index contributed by atoms with van der Waals surface area (Å²) in [7, 11) is 0. The molecule has 0 unspecified atom stereocenters. The number of hydrogen-bond donors (Lipinski definition) is 1. The Balaban J connectivity index is 2.86. The summed E-state index contributed by atoms with van der Waals surface area (Å²) >= 11 is 1.23. The van der Waals surface area contributed by atoms with Crippen LogP contribution in [0.1, 0.15) is 5.56 Å². The van der Waals surface area contributed by atoms with Gasteiger partial charge in [-0.25, -0.2) is 0 Å². The fraction of sp³-hybridized carbons (Fsp3) is 0. The van der Waals surface area contributed by atoms with Crippen LogP contribution in [0.15, 0.2) is 24.4 Å². The van der Waals surface area contributed by atoms with Crippen LogP contribution in [0.5, 0.6) is 0 Å². The molecule has 0 saturated carbocycles. The van der Waals surface area contributed by atoms with Gasteiger partial charge in [0.1, 0.15) is 0 Å². The molecule has 1 heterocycles. The molecule has 2 radical (unpaired) electrons. The van der Waals surface area contributed by atoms with E-state index in [1.54, 1.807) is 6.20 Å². The molecule has 1 aromatic carbocycles. The zero-order valence-corrected chi connectivity index (χ0v) is 9.68. The quantitative estimate of drug-likeness (QED) is 0.703. The van der Waals surface area contributed by atoms with Crippen LogP contribution in [0.3, 0.4) is 0 Å². The van der Waals surface area contributed by atoms with Gasteiger partial charge in [0.2, 0.25) is 0 Å². The molecule has 0 atom stereocenters. The predicted octanol–water partition coefficient (Wildman–Crippen LogP) is 0.833. The summed E-state index contributed by atoms with van der Waals surface area (Å²) in [5.74, 6) is 0. The second-order valence-electron chi connectivity index (χ2n) is 2.54. The summed E-state index contributed by atoms with van der Waals surface area (Å²) in [6.07, 6.45) is 1.75. The van der Waals surface area contributed by atoms with E-state index in [0.29, 0.717) is 0 Å². The first-order valence-electron chi connectivity index (χ1n) is 3.51. The van der Waals surface area contributed by atoms with Crippen LogP contribution in [0.4, 0.5) is 0 Å². The Morgan fingerprint density at radius 2 is 2.25 bits per heavy atom. The van der Waals surface area contributed by atoms with Crippen LogP contribution >= 0.6 is 0 Å². The van der Waals surface area contributed by atoms with E-state index in [-0.39, 0.29) is 0 Å². The summed E-state index contributed by atoms with van der Waals surface area (Å²) in [5.41, 5.74) is 1.78. The van der Waals surface area contributed by atoms with E-state index in [9.17, 15) is 0 Å². The maximum absolute atomic E-state index is 8.75. The van der Waals surface area contributed by atoms with Gasteiger partial charge in [-0.05, 0) is 0 Å². The number of H-pyrrole nitrogens is 1. The Morgan fingerprint density at radius 1 is 1.42 bits per heavy atom. The van der Waals surface area contributed by atoms with Crippen molar-refractivity contribution in [2.24, 2.45) is 0 Å². The zero-order chi connectivity index (χ0) is 8.55.